The topological polar surface area (TPSA) is 78.9 Å². The minimum Gasteiger partial charge on any atom is -0.504 e. The number of nitrogens with one attached hydrogen (secondary N) is 1. The first kappa shape index (κ1) is 19.1. The average Bonchev–Trinajstić information content (AvgIpc) is 2.63. The molecule has 2 N–H and O–H groups in total. The zero-order valence-electron chi connectivity index (χ0n) is 14.2. The standard InChI is InChI=1S/C19H15BrN2O4S/c1-2-26-16-10-11(3-8-15(16)23)9-14-17(24)21-19(27)22(18(14)25)13-6-4-12(20)5-7-13/h3-10,23H,2H2,1H3,(H,21,24,27)/b14-9+. The highest BCUT2D eigenvalue weighted by atomic mass is 79.9. The maximum absolute atomic E-state index is 12.9. The predicted molar refractivity (Wildman–Crippen MR) is 110 cm³/mol. The van der Waals surface area contributed by atoms with Gasteiger partial charge in [-0.1, -0.05) is 22.0 Å². The van der Waals surface area contributed by atoms with E-state index in [1.54, 1.807) is 43.3 Å². The Morgan fingerprint density at radius 2 is 1.93 bits per heavy atom. The Bertz CT molecular complexity index is 957. The Morgan fingerprint density at radius 3 is 2.59 bits per heavy atom. The van der Waals surface area contributed by atoms with Crippen LogP contribution in [-0.4, -0.2) is 28.6 Å². The van der Waals surface area contributed by atoms with Gasteiger partial charge in [-0.15, -0.1) is 0 Å². The number of nitrogens with zero attached hydrogens (tertiary/aromatic N) is 1. The van der Waals surface area contributed by atoms with E-state index in [9.17, 15) is 14.7 Å². The van der Waals surface area contributed by atoms with Crippen LogP contribution in [0.3, 0.4) is 0 Å². The lowest BCUT2D eigenvalue weighted by Gasteiger charge is -2.29. The second-order valence-corrected chi connectivity index (χ2v) is 6.90. The first-order chi connectivity index (χ1) is 12.9. The van der Waals surface area contributed by atoms with Gasteiger partial charge in [-0.2, -0.15) is 0 Å². The monoisotopic (exact) mass is 446 g/mol. The number of rotatable bonds is 4. The summed E-state index contributed by atoms with van der Waals surface area (Å²) >= 11 is 8.51. The van der Waals surface area contributed by atoms with E-state index in [-0.39, 0.29) is 22.2 Å². The summed E-state index contributed by atoms with van der Waals surface area (Å²) in [5.74, 6) is -0.853. The van der Waals surface area contributed by atoms with E-state index in [2.05, 4.69) is 21.2 Å². The lowest BCUT2D eigenvalue weighted by atomic mass is 10.1. The first-order valence-corrected chi connectivity index (χ1v) is 9.23. The number of carbonyl (C=O) groups excluding carboxylic acids is 2. The van der Waals surface area contributed by atoms with Gasteiger partial charge in [0.15, 0.2) is 16.6 Å². The average molecular weight is 447 g/mol. The van der Waals surface area contributed by atoms with Crippen LogP contribution in [0.2, 0.25) is 0 Å². The number of hydrogen-bond acceptors (Lipinski definition) is 5. The number of halogens is 1. The number of phenols is 1. The van der Waals surface area contributed by atoms with E-state index in [1.807, 2.05) is 0 Å². The number of anilines is 1. The largest absolute Gasteiger partial charge is 0.504 e. The maximum Gasteiger partial charge on any atom is 0.270 e. The van der Waals surface area contributed by atoms with E-state index < -0.39 is 11.8 Å². The molecule has 0 radical (unpaired) electrons. The molecule has 1 aliphatic heterocycles. The third-order valence-electron chi connectivity index (χ3n) is 3.78. The van der Waals surface area contributed by atoms with Gasteiger partial charge in [0.05, 0.1) is 12.3 Å². The van der Waals surface area contributed by atoms with Gasteiger partial charge in [0.25, 0.3) is 11.8 Å². The summed E-state index contributed by atoms with van der Waals surface area (Å²) in [6.45, 7) is 2.17. The molecule has 0 aromatic heterocycles. The Labute approximate surface area is 169 Å². The van der Waals surface area contributed by atoms with Crippen LogP contribution in [0.4, 0.5) is 5.69 Å². The number of hydrogen-bond donors (Lipinski definition) is 2. The van der Waals surface area contributed by atoms with Gasteiger partial charge in [-0.3, -0.25) is 19.8 Å². The van der Waals surface area contributed by atoms with Gasteiger partial charge in [-0.05, 0) is 67.2 Å². The molecule has 0 spiro atoms. The molecule has 0 atom stereocenters. The molecule has 1 fully saturated rings. The van der Waals surface area contributed by atoms with Crippen LogP contribution >= 0.6 is 28.1 Å². The van der Waals surface area contributed by atoms with Gasteiger partial charge in [-0.25, -0.2) is 0 Å². The lowest BCUT2D eigenvalue weighted by molar-refractivity contribution is -0.122. The van der Waals surface area contributed by atoms with E-state index >= 15 is 0 Å². The van der Waals surface area contributed by atoms with Gasteiger partial charge < -0.3 is 9.84 Å². The molecule has 1 saturated heterocycles. The SMILES string of the molecule is CCOc1cc(/C=C2\C(=O)NC(=S)N(c3ccc(Br)cc3)C2=O)ccc1O. The van der Waals surface area contributed by atoms with Crippen LogP contribution in [0.1, 0.15) is 12.5 Å². The van der Waals surface area contributed by atoms with Gasteiger partial charge in [0, 0.05) is 4.47 Å². The van der Waals surface area contributed by atoms with Crippen LogP contribution < -0.4 is 15.0 Å². The molecule has 6 nitrogen and oxygen atoms in total. The van der Waals surface area contributed by atoms with Gasteiger partial charge in [0.2, 0.25) is 0 Å². The minimum absolute atomic E-state index is 0.0175. The van der Waals surface area contributed by atoms with Crippen molar-refractivity contribution in [3.05, 3.63) is 58.1 Å². The summed E-state index contributed by atoms with van der Waals surface area (Å²) in [5.41, 5.74) is 1.01. The molecule has 2 aromatic rings. The molecule has 2 aromatic carbocycles. The number of thiocarbonyl (C=S) groups is 1. The zero-order valence-corrected chi connectivity index (χ0v) is 16.6. The Balaban J connectivity index is 1.99. The summed E-state index contributed by atoms with van der Waals surface area (Å²) in [5, 5.41) is 12.4. The van der Waals surface area contributed by atoms with Crippen molar-refractivity contribution in [2.45, 2.75) is 6.92 Å². The molecule has 0 unspecified atom stereocenters. The molecule has 138 valence electrons. The van der Waals surface area contributed by atoms with Crippen LogP contribution in [0, 0.1) is 0 Å². The van der Waals surface area contributed by atoms with Crippen molar-refractivity contribution in [3.63, 3.8) is 0 Å². The number of carbonyl (C=O) groups is 2. The highest BCUT2D eigenvalue weighted by Gasteiger charge is 2.34. The second-order valence-electron chi connectivity index (χ2n) is 5.59. The Morgan fingerprint density at radius 1 is 1.22 bits per heavy atom. The Kier molecular flexibility index (Phi) is 5.57. The van der Waals surface area contributed by atoms with Gasteiger partial charge in [0.1, 0.15) is 5.57 Å². The third kappa shape index (κ3) is 4.01. The molecule has 8 heteroatoms. The fourth-order valence-corrected chi connectivity index (χ4v) is 3.09. The van der Waals surface area contributed by atoms with Crippen LogP contribution in [0.5, 0.6) is 11.5 Å². The fourth-order valence-electron chi connectivity index (χ4n) is 2.54. The van der Waals surface area contributed by atoms with Crippen LogP contribution in [0.15, 0.2) is 52.5 Å². The lowest BCUT2D eigenvalue weighted by Crippen LogP contribution is -2.54. The summed E-state index contributed by atoms with van der Waals surface area (Å²) < 4.78 is 6.19. The first-order valence-electron chi connectivity index (χ1n) is 8.03. The zero-order chi connectivity index (χ0) is 19.6. The number of amides is 2. The molecule has 1 aliphatic rings. The van der Waals surface area contributed by atoms with E-state index in [1.165, 1.54) is 17.0 Å². The summed E-state index contributed by atoms with van der Waals surface area (Å²) in [4.78, 5) is 26.5. The molecular weight excluding hydrogens is 432 g/mol. The molecule has 0 aliphatic carbocycles. The summed E-state index contributed by atoms with van der Waals surface area (Å²) in [7, 11) is 0. The van der Waals surface area contributed by atoms with Crippen LogP contribution in [-0.2, 0) is 9.59 Å². The van der Waals surface area contributed by atoms with E-state index in [4.69, 9.17) is 17.0 Å². The van der Waals surface area contributed by atoms with Crippen molar-refractivity contribution in [1.29, 1.82) is 0 Å². The predicted octanol–water partition coefficient (Wildman–Crippen LogP) is 3.38. The second kappa shape index (κ2) is 7.89. The van der Waals surface area contributed by atoms with Crippen molar-refractivity contribution in [2.24, 2.45) is 0 Å². The molecule has 2 amide bonds. The number of benzene rings is 2. The number of aromatic hydroxyl groups is 1. The smallest absolute Gasteiger partial charge is 0.270 e. The minimum atomic E-state index is -0.579. The van der Waals surface area contributed by atoms with E-state index in [0.717, 1.165) is 4.47 Å². The maximum atomic E-state index is 12.9. The third-order valence-corrected chi connectivity index (χ3v) is 4.59. The van der Waals surface area contributed by atoms with Crippen molar-refractivity contribution < 1.29 is 19.4 Å². The van der Waals surface area contributed by atoms with Crippen molar-refractivity contribution in [1.82, 2.24) is 5.32 Å². The number of phenolic OH excluding ortho intramolecular Hbond substituents is 1. The summed E-state index contributed by atoms with van der Waals surface area (Å²) in [6, 6.07) is 11.6. The number of ether oxygens (including phenoxy) is 1. The Hall–Kier alpha value is -2.71. The highest BCUT2D eigenvalue weighted by molar-refractivity contribution is 9.10. The van der Waals surface area contributed by atoms with Crippen molar-refractivity contribution in [2.75, 3.05) is 11.5 Å². The molecule has 0 bridgehead atoms. The molecule has 3 rings (SSSR count). The molecular formula is C19H15BrN2O4S. The van der Waals surface area contributed by atoms with Crippen LogP contribution in [0.25, 0.3) is 6.08 Å². The summed E-state index contributed by atoms with van der Waals surface area (Å²) in [6.07, 6.45) is 1.44. The molecule has 27 heavy (non-hydrogen) atoms. The van der Waals surface area contributed by atoms with E-state index in [0.29, 0.717) is 17.9 Å². The normalized spacial score (nSPS) is 15.9. The molecule has 1 heterocycles. The molecule has 0 saturated carbocycles. The quantitative estimate of drug-likeness (QED) is 0.427. The highest BCUT2D eigenvalue weighted by Crippen LogP contribution is 2.29. The van der Waals surface area contributed by atoms with Crippen molar-refractivity contribution >= 4 is 56.8 Å². The van der Waals surface area contributed by atoms with Gasteiger partial charge >= 0.3 is 0 Å². The fraction of sp³-hybridized carbons (Fsp3) is 0.105. The van der Waals surface area contributed by atoms with Crippen molar-refractivity contribution in [3.8, 4) is 11.5 Å².